The van der Waals surface area contributed by atoms with Gasteiger partial charge in [0.2, 0.25) is 5.91 Å². The van der Waals surface area contributed by atoms with E-state index in [0.29, 0.717) is 5.69 Å². The number of aliphatic carboxylic acids is 1. The molecule has 114 valence electrons. The summed E-state index contributed by atoms with van der Waals surface area (Å²) in [6.45, 7) is 0. The molecule has 1 amide bonds. The van der Waals surface area contributed by atoms with Crippen molar-refractivity contribution < 1.29 is 19.1 Å². The second-order valence-corrected chi connectivity index (χ2v) is 6.04. The number of halogens is 2. The molecule has 4 nitrogen and oxygen atoms in total. The Kier molecular flexibility index (Phi) is 4.83. The van der Waals surface area contributed by atoms with Crippen LogP contribution in [0.2, 0.25) is 5.02 Å². The first-order chi connectivity index (χ1) is 9.90. The van der Waals surface area contributed by atoms with Gasteiger partial charge in [-0.2, -0.15) is 0 Å². The van der Waals surface area contributed by atoms with Gasteiger partial charge in [0, 0.05) is 12.1 Å². The maximum Gasteiger partial charge on any atom is 0.303 e. The van der Waals surface area contributed by atoms with Crippen molar-refractivity contribution in [3.63, 3.8) is 0 Å². The predicted molar refractivity (Wildman–Crippen MR) is 77.8 cm³/mol. The lowest BCUT2D eigenvalue weighted by molar-refractivity contribution is -0.140. The first-order valence-corrected chi connectivity index (χ1v) is 7.25. The molecule has 21 heavy (non-hydrogen) atoms. The molecular formula is C15H17ClFNO3. The van der Waals surface area contributed by atoms with Gasteiger partial charge < -0.3 is 10.4 Å². The molecule has 0 heterocycles. The van der Waals surface area contributed by atoms with Crippen LogP contribution in [0.25, 0.3) is 0 Å². The molecule has 1 saturated carbocycles. The molecule has 1 fully saturated rings. The highest BCUT2D eigenvalue weighted by atomic mass is 35.5. The van der Waals surface area contributed by atoms with Crippen LogP contribution in [-0.4, -0.2) is 17.0 Å². The van der Waals surface area contributed by atoms with Crippen molar-refractivity contribution >= 4 is 29.2 Å². The van der Waals surface area contributed by atoms with Crippen LogP contribution in [0.15, 0.2) is 18.2 Å². The average molecular weight is 314 g/mol. The van der Waals surface area contributed by atoms with E-state index < -0.39 is 17.2 Å². The number of carbonyl (C=O) groups is 2. The molecule has 1 aliphatic rings. The molecule has 0 atom stereocenters. The third-order valence-electron chi connectivity index (χ3n) is 3.93. The topological polar surface area (TPSA) is 66.4 Å². The molecule has 0 saturated heterocycles. The van der Waals surface area contributed by atoms with E-state index in [0.717, 1.165) is 25.7 Å². The first-order valence-electron chi connectivity index (χ1n) is 6.87. The van der Waals surface area contributed by atoms with Crippen molar-refractivity contribution in [2.75, 3.05) is 5.32 Å². The fourth-order valence-electron chi connectivity index (χ4n) is 2.98. The first kappa shape index (κ1) is 15.8. The summed E-state index contributed by atoms with van der Waals surface area (Å²) in [4.78, 5) is 23.1. The Balaban J connectivity index is 2.02. The van der Waals surface area contributed by atoms with Gasteiger partial charge in [0.1, 0.15) is 5.82 Å². The SMILES string of the molecule is O=C(O)CC1(CC(=O)Nc2ccc(F)c(Cl)c2)CCCC1. The van der Waals surface area contributed by atoms with Gasteiger partial charge in [-0.15, -0.1) is 0 Å². The zero-order valence-electron chi connectivity index (χ0n) is 11.5. The zero-order valence-corrected chi connectivity index (χ0v) is 12.3. The highest BCUT2D eigenvalue weighted by Crippen LogP contribution is 2.44. The van der Waals surface area contributed by atoms with Crippen molar-refractivity contribution in [3.8, 4) is 0 Å². The highest BCUT2D eigenvalue weighted by molar-refractivity contribution is 6.31. The lowest BCUT2D eigenvalue weighted by Gasteiger charge is -2.26. The molecule has 0 aromatic heterocycles. The summed E-state index contributed by atoms with van der Waals surface area (Å²) in [5, 5.41) is 11.6. The number of carboxylic acid groups (broad SMARTS) is 1. The molecule has 6 heteroatoms. The Bertz CT molecular complexity index is 556. The predicted octanol–water partition coefficient (Wildman–Crippen LogP) is 3.84. The number of hydrogen-bond donors (Lipinski definition) is 2. The molecule has 0 bridgehead atoms. The lowest BCUT2D eigenvalue weighted by atomic mass is 9.79. The van der Waals surface area contributed by atoms with Crippen molar-refractivity contribution in [1.82, 2.24) is 0 Å². The van der Waals surface area contributed by atoms with E-state index in [-0.39, 0.29) is 23.8 Å². The van der Waals surface area contributed by atoms with Gasteiger partial charge >= 0.3 is 5.97 Å². The third-order valence-corrected chi connectivity index (χ3v) is 4.22. The summed E-state index contributed by atoms with van der Waals surface area (Å²) < 4.78 is 13.1. The number of nitrogens with one attached hydrogen (secondary N) is 1. The monoisotopic (exact) mass is 313 g/mol. The van der Waals surface area contributed by atoms with E-state index in [1.54, 1.807) is 0 Å². The molecule has 1 aliphatic carbocycles. The van der Waals surface area contributed by atoms with Gasteiger partial charge in [-0.3, -0.25) is 9.59 Å². The Morgan fingerprint density at radius 2 is 1.95 bits per heavy atom. The Hall–Kier alpha value is -1.62. The number of benzene rings is 1. The quantitative estimate of drug-likeness (QED) is 0.868. The summed E-state index contributed by atoms with van der Waals surface area (Å²) in [5.41, 5.74) is -0.0467. The fraction of sp³-hybridized carbons (Fsp3) is 0.467. The van der Waals surface area contributed by atoms with E-state index in [1.807, 2.05) is 0 Å². The van der Waals surface area contributed by atoms with Crippen molar-refractivity contribution in [1.29, 1.82) is 0 Å². The number of amides is 1. The molecule has 0 spiro atoms. The van der Waals surface area contributed by atoms with Crippen molar-refractivity contribution in [2.45, 2.75) is 38.5 Å². The summed E-state index contributed by atoms with van der Waals surface area (Å²) >= 11 is 5.66. The third kappa shape index (κ3) is 4.17. The van der Waals surface area contributed by atoms with Gasteiger partial charge in [0.25, 0.3) is 0 Å². The second kappa shape index (κ2) is 6.43. The van der Waals surface area contributed by atoms with Crippen LogP contribution in [0.4, 0.5) is 10.1 Å². The second-order valence-electron chi connectivity index (χ2n) is 5.63. The van der Waals surface area contributed by atoms with E-state index in [4.69, 9.17) is 16.7 Å². The summed E-state index contributed by atoms with van der Waals surface area (Å²) in [5.74, 6) is -1.69. The highest BCUT2D eigenvalue weighted by Gasteiger charge is 2.37. The van der Waals surface area contributed by atoms with Crippen LogP contribution in [0, 0.1) is 11.2 Å². The van der Waals surface area contributed by atoms with Gasteiger partial charge in [-0.25, -0.2) is 4.39 Å². The van der Waals surface area contributed by atoms with Crippen molar-refractivity contribution in [2.24, 2.45) is 5.41 Å². The number of carbonyl (C=O) groups excluding carboxylic acids is 1. The molecule has 0 unspecified atom stereocenters. The lowest BCUT2D eigenvalue weighted by Crippen LogP contribution is -2.27. The van der Waals surface area contributed by atoms with Crippen LogP contribution in [0.1, 0.15) is 38.5 Å². The van der Waals surface area contributed by atoms with E-state index in [9.17, 15) is 14.0 Å². The van der Waals surface area contributed by atoms with Crippen LogP contribution >= 0.6 is 11.6 Å². The molecule has 1 aromatic carbocycles. The number of hydrogen-bond acceptors (Lipinski definition) is 2. The average Bonchev–Trinajstić information content (AvgIpc) is 2.80. The molecule has 1 aromatic rings. The number of carboxylic acids is 1. The van der Waals surface area contributed by atoms with E-state index in [2.05, 4.69) is 5.32 Å². The van der Waals surface area contributed by atoms with Crippen LogP contribution in [-0.2, 0) is 9.59 Å². The fourth-order valence-corrected chi connectivity index (χ4v) is 3.16. The molecular weight excluding hydrogens is 297 g/mol. The normalized spacial score (nSPS) is 16.7. The maximum atomic E-state index is 13.1. The van der Waals surface area contributed by atoms with E-state index >= 15 is 0 Å². The van der Waals surface area contributed by atoms with Crippen molar-refractivity contribution in [3.05, 3.63) is 29.0 Å². The van der Waals surface area contributed by atoms with Crippen LogP contribution in [0.3, 0.4) is 0 Å². The largest absolute Gasteiger partial charge is 0.481 e. The summed E-state index contributed by atoms with van der Waals surface area (Å²) in [7, 11) is 0. The van der Waals surface area contributed by atoms with Crippen LogP contribution in [0.5, 0.6) is 0 Å². The minimum atomic E-state index is -0.880. The minimum absolute atomic E-state index is 0.00456. The standard InChI is InChI=1S/C15H17ClFNO3/c16-11-7-10(3-4-12(11)17)18-13(19)8-15(9-14(20)21)5-1-2-6-15/h3-4,7H,1-2,5-6,8-9H2,(H,18,19)(H,20,21). The maximum absolute atomic E-state index is 13.1. The molecule has 0 radical (unpaired) electrons. The zero-order chi connectivity index (χ0) is 15.5. The van der Waals surface area contributed by atoms with Gasteiger partial charge in [0.05, 0.1) is 11.4 Å². The Labute approximate surface area is 127 Å². The Morgan fingerprint density at radius 1 is 1.29 bits per heavy atom. The number of anilines is 1. The van der Waals surface area contributed by atoms with Gasteiger partial charge in [-0.1, -0.05) is 24.4 Å². The van der Waals surface area contributed by atoms with Crippen LogP contribution < -0.4 is 5.32 Å². The van der Waals surface area contributed by atoms with Gasteiger partial charge in [0.15, 0.2) is 0 Å². The number of rotatable bonds is 5. The summed E-state index contributed by atoms with van der Waals surface area (Å²) in [6.07, 6.45) is 3.55. The Morgan fingerprint density at radius 3 is 2.52 bits per heavy atom. The molecule has 0 aliphatic heterocycles. The van der Waals surface area contributed by atoms with Gasteiger partial charge in [-0.05, 0) is 36.5 Å². The molecule has 2 N–H and O–H groups in total. The molecule has 2 rings (SSSR count). The summed E-state index contributed by atoms with van der Waals surface area (Å²) in [6, 6.07) is 3.95. The van der Waals surface area contributed by atoms with E-state index in [1.165, 1.54) is 18.2 Å². The minimum Gasteiger partial charge on any atom is -0.481 e. The smallest absolute Gasteiger partial charge is 0.303 e.